The quantitative estimate of drug-likeness (QED) is 0.682. The average Bonchev–Trinajstić information content (AvgIpc) is 3.03. The summed E-state index contributed by atoms with van der Waals surface area (Å²) in [6.45, 7) is 6.72. The number of aromatic nitrogens is 2. The summed E-state index contributed by atoms with van der Waals surface area (Å²) in [5, 5.41) is 3.34. The predicted molar refractivity (Wildman–Crippen MR) is 90.4 cm³/mol. The van der Waals surface area contributed by atoms with E-state index < -0.39 is 0 Å². The minimum atomic E-state index is 0.470. The van der Waals surface area contributed by atoms with Crippen LogP contribution < -0.4 is 15.8 Å². The molecule has 1 fully saturated rings. The van der Waals surface area contributed by atoms with Crippen LogP contribution in [0.25, 0.3) is 0 Å². The van der Waals surface area contributed by atoms with Crippen molar-refractivity contribution in [2.24, 2.45) is 0 Å². The van der Waals surface area contributed by atoms with Gasteiger partial charge < -0.3 is 20.7 Å². The number of nitrogens with one attached hydrogen (secondary N) is 1. The third kappa shape index (κ3) is 4.73. The zero-order valence-corrected chi connectivity index (χ0v) is 13.9. The van der Waals surface area contributed by atoms with E-state index in [-0.39, 0.29) is 0 Å². The summed E-state index contributed by atoms with van der Waals surface area (Å²) < 4.78 is 5.24. The van der Waals surface area contributed by atoms with E-state index >= 15 is 0 Å². The van der Waals surface area contributed by atoms with Crippen molar-refractivity contribution in [1.82, 2.24) is 14.9 Å². The molecular weight excluding hydrogens is 278 g/mol. The van der Waals surface area contributed by atoms with Crippen molar-refractivity contribution in [3.63, 3.8) is 0 Å². The Morgan fingerprint density at radius 1 is 1.23 bits per heavy atom. The zero-order chi connectivity index (χ0) is 15.8. The Bertz CT molecular complexity index is 460. The Labute approximate surface area is 133 Å². The van der Waals surface area contributed by atoms with E-state index in [1.54, 1.807) is 7.11 Å². The van der Waals surface area contributed by atoms with E-state index in [9.17, 15) is 0 Å². The van der Waals surface area contributed by atoms with Gasteiger partial charge in [-0.15, -0.1) is 0 Å². The number of hydrogen-bond donors (Lipinski definition) is 2. The van der Waals surface area contributed by atoms with E-state index in [1.165, 1.54) is 38.9 Å². The molecule has 1 aromatic heterocycles. The molecule has 0 atom stereocenters. The number of methoxy groups -OCH3 is 1. The number of nitrogens with zero attached hydrogens (tertiary/aromatic N) is 3. The van der Waals surface area contributed by atoms with Crippen LogP contribution in [-0.2, 0) is 6.42 Å². The molecular formula is C16H29N5O. The van der Waals surface area contributed by atoms with Gasteiger partial charge in [-0.1, -0.05) is 6.92 Å². The van der Waals surface area contributed by atoms with Crippen LogP contribution in [0.1, 0.15) is 44.9 Å². The Hall–Kier alpha value is -1.56. The van der Waals surface area contributed by atoms with Crippen LogP contribution >= 0.6 is 0 Å². The highest BCUT2D eigenvalue weighted by molar-refractivity contribution is 5.66. The molecule has 2 heterocycles. The molecule has 1 aromatic rings. The third-order valence-corrected chi connectivity index (χ3v) is 4.02. The van der Waals surface area contributed by atoms with Gasteiger partial charge in [0.1, 0.15) is 11.5 Å². The van der Waals surface area contributed by atoms with Crippen molar-refractivity contribution >= 4 is 11.5 Å². The average molecular weight is 307 g/mol. The molecule has 6 nitrogen and oxygen atoms in total. The standard InChI is InChI=1S/C16H29N5O/c1-3-8-13-19-15(14(17)16(20-13)22-2)18-9-4-5-10-21-11-6-7-12-21/h3-12,17H2,1-2H3,(H,18,19,20). The molecule has 1 aliphatic rings. The van der Waals surface area contributed by atoms with Crippen molar-refractivity contribution in [2.75, 3.05) is 44.3 Å². The molecule has 124 valence electrons. The first-order valence-corrected chi connectivity index (χ1v) is 8.41. The number of unbranched alkanes of at least 4 members (excludes halogenated alkanes) is 1. The number of anilines is 2. The Balaban J connectivity index is 1.81. The molecule has 0 aliphatic carbocycles. The van der Waals surface area contributed by atoms with Gasteiger partial charge in [-0.2, -0.15) is 4.98 Å². The highest BCUT2D eigenvalue weighted by Crippen LogP contribution is 2.26. The van der Waals surface area contributed by atoms with Gasteiger partial charge in [-0.3, -0.25) is 0 Å². The molecule has 3 N–H and O–H groups in total. The van der Waals surface area contributed by atoms with E-state index in [0.29, 0.717) is 17.4 Å². The monoisotopic (exact) mass is 307 g/mol. The van der Waals surface area contributed by atoms with Crippen LogP contribution in [0.3, 0.4) is 0 Å². The van der Waals surface area contributed by atoms with Gasteiger partial charge in [0.15, 0.2) is 5.82 Å². The van der Waals surface area contributed by atoms with Crippen LogP contribution in [0, 0.1) is 0 Å². The Kier molecular flexibility index (Phi) is 6.71. The number of hydrogen-bond acceptors (Lipinski definition) is 6. The minimum Gasteiger partial charge on any atom is -0.479 e. The molecule has 0 amide bonds. The molecule has 2 rings (SSSR count). The lowest BCUT2D eigenvalue weighted by atomic mass is 10.3. The molecule has 1 aliphatic heterocycles. The van der Waals surface area contributed by atoms with E-state index in [1.807, 2.05) is 0 Å². The Morgan fingerprint density at radius 2 is 2.00 bits per heavy atom. The van der Waals surface area contributed by atoms with E-state index in [2.05, 4.69) is 27.1 Å². The summed E-state index contributed by atoms with van der Waals surface area (Å²) in [7, 11) is 1.59. The summed E-state index contributed by atoms with van der Waals surface area (Å²) in [6.07, 6.45) is 6.87. The summed E-state index contributed by atoms with van der Waals surface area (Å²) in [4.78, 5) is 11.4. The SMILES string of the molecule is CCCc1nc(NCCCCN2CCCC2)c(N)c(OC)n1. The maximum Gasteiger partial charge on any atom is 0.242 e. The highest BCUT2D eigenvalue weighted by atomic mass is 16.5. The molecule has 0 aromatic carbocycles. The van der Waals surface area contributed by atoms with Crippen LogP contribution in [0.4, 0.5) is 11.5 Å². The molecule has 6 heteroatoms. The van der Waals surface area contributed by atoms with Gasteiger partial charge in [0.2, 0.25) is 5.88 Å². The highest BCUT2D eigenvalue weighted by Gasteiger charge is 2.12. The normalized spacial score (nSPS) is 15.2. The Morgan fingerprint density at radius 3 is 2.68 bits per heavy atom. The number of rotatable bonds is 9. The number of nitrogens with two attached hydrogens (primary N) is 1. The fourth-order valence-electron chi connectivity index (χ4n) is 2.79. The smallest absolute Gasteiger partial charge is 0.242 e. The molecule has 1 saturated heterocycles. The second kappa shape index (κ2) is 8.78. The molecule has 0 saturated carbocycles. The van der Waals surface area contributed by atoms with Gasteiger partial charge in [0.25, 0.3) is 0 Å². The molecule has 22 heavy (non-hydrogen) atoms. The maximum atomic E-state index is 6.05. The van der Waals surface area contributed by atoms with Crippen molar-refractivity contribution in [3.05, 3.63) is 5.82 Å². The zero-order valence-electron chi connectivity index (χ0n) is 13.9. The number of ether oxygens (including phenoxy) is 1. The first kappa shape index (κ1) is 16.8. The molecule has 0 bridgehead atoms. The van der Waals surface area contributed by atoms with Crippen molar-refractivity contribution in [3.8, 4) is 5.88 Å². The van der Waals surface area contributed by atoms with Crippen LogP contribution in [0.5, 0.6) is 5.88 Å². The molecule has 0 unspecified atom stereocenters. The third-order valence-electron chi connectivity index (χ3n) is 4.02. The van der Waals surface area contributed by atoms with Crippen molar-refractivity contribution < 1.29 is 4.74 Å². The van der Waals surface area contributed by atoms with E-state index in [4.69, 9.17) is 10.5 Å². The lowest BCUT2D eigenvalue weighted by Gasteiger charge is -2.15. The second-order valence-corrected chi connectivity index (χ2v) is 5.84. The van der Waals surface area contributed by atoms with Gasteiger partial charge in [-0.25, -0.2) is 4.98 Å². The van der Waals surface area contributed by atoms with Gasteiger partial charge in [-0.05, 0) is 51.7 Å². The maximum absolute atomic E-state index is 6.05. The molecule has 0 radical (unpaired) electrons. The summed E-state index contributed by atoms with van der Waals surface area (Å²) in [5.74, 6) is 1.96. The molecule has 0 spiro atoms. The fourth-order valence-corrected chi connectivity index (χ4v) is 2.79. The lowest BCUT2D eigenvalue weighted by Crippen LogP contribution is -2.21. The fraction of sp³-hybridized carbons (Fsp3) is 0.750. The van der Waals surface area contributed by atoms with Gasteiger partial charge >= 0.3 is 0 Å². The van der Waals surface area contributed by atoms with Crippen LogP contribution in [0.2, 0.25) is 0 Å². The predicted octanol–water partition coefficient (Wildman–Crippen LogP) is 2.31. The number of nitrogen functional groups attached to an aromatic ring is 1. The minimum absolute atomic E-state index is 0.470. The van der Waals surface area contributed by atoms with E-state index in [0.717, 1.165) is 31.6 Å². The van der Waals surface area contributed by atoms with Gasteiger partial charge in [0, 0.05) is 13.0 Å². The van der Waals surface area contributed by atoms with Crippen molar-refractivity contribution in [2.45, 2.75) is 45.4 Å². The first-order valence-electron chi connectivity index (χ1n) is 8.41. The largest absolute Gasteiger partial charge is 0.479 e. The van der Waals surface area contributed by atoms with Gasteiger partial charge in [0.05, 0.1) is 7.11 Å². The number of likely N-dealkylation sites (tertiary alicyclic amines) is 1. The summed E-state index contributed by atoms with van der Waals surface area (Å²) in [6, 6.07) is 0. The topological polar surface area (TPSA) is 76.3 Å². The van der Waals surface area contributed by atoms with Crippen molar-refractivity contribution in [1.29, 1.82) is 0 Å². The second-order valence-electron chi connectivity index (χ2n) is 5.84. The van der Waals surface area contributed by atoms with Crippen LogP contribution in [0.15, 0.2) is 0 Å². The lowest BCUT2D eigenvalue weighted by molar-refractivity contribution is 0.331. The number of aryl methyl sites for hydroxylation is 1. The van der Waals surface area contributed by atoms with Crippen LogP contribution in [-0.4, -0.2) is 48.2 Å². The summed E-state index contributed by atoms with van der Waals surface area (Å²) >= 11 is 0. The first-order chi connectivity index (χ1) is 10.7. The summed E-state index contributed by atoms with van der Waals surface area (Å²) in [5.41, 5.74) is 6.55.